The minimum absolute atomic E-state index is 0.650. The van der Waals surface area contributed by atoms with Crippen LogP contribution in [0, 0.1) is 0 Å². The molecule has 0 saturated heterocycles. The van der Waals surface area contributed by atoms with Gasteiger partial charge in [-0.05, 0) is 42.6 Å². The molecule has 0 unspecified atom stereocenters. The highest BCUT2D eigenvalue weighted by Gasteiger charge is 2.00. The van der Waals surface area contributed by atoms with E-state index in [0.717, 1.165) is 31.4 Å². The zero-order valence-electron chi connectivity index (χ0n) is 11.0. The Bertz CT molecular complexity index is 466. The molecule has 0 saturated carbocycles. The zero-order chi connectivity index (χ0) is 12.6. The van der Waals surface area contributed by atoms with E-state index >= 15 is 0 Å². The van der Waals surface area contributed by atoms with Crippen LogP contribution in [0.3, 0.4) is 0 Å². The van der Waals surface area contributed by atoms with E-state index in [1.54, 1.807) is 0 Å². The second-order valence-electron chi connectivity index (χ2n) is 4.56. The smallest absolute Gasteiger partial charge is 0.127 e. The highest BCUT2D eigenvalue weighted by molar-refractivity contribution is 5.32. The third kappa shape index (κ3) is 3.94. The van der Waals surface area contributed by atoms with Crippen molar-refractivity contribution in [2.45, 2.75) is 32.6 Å². The molecule has 1 nitrogen and oxygen atoms in total. The number of allylic oxidation sites excluding steroid dienone is 6. The summed E-state index contributed by atoms with van der Waals surface area (Å²) < 4.78 is 5.79. The first-order valence-electron chi connectivity index (χ1n) is 6.70. The summed E-state index contributed by atoms with van der Waals surface area (Å²) in [4.78, 5) is 0. The van der Waals surface area contributed by atoms with E-state index in [4.69, 9.17) is 4.74 Å². The van der Waals surface area contributed by atoms with E-state index in [1.165, 1.54) is 11.1 Å². The first-order chi connectivity index (χ1) is 8.88. The summed E-state index contributed by atoms with van der Waals surface area (Å²) in [6.07, 6.45) is 19.2. The predicted octanol–water partition coefficient (Wildman–Crippen LogP) is 4.61. The highest BCUT2D eigenvalue weighted by Crippen LogP contribution is 2.14. The van der Waals surface area contributed by atoms with Gasteiger partial charge in [-0.15, -0.1) is 5.73 Å². The van der Waals surface area contributed by atoms with Crippen molar-refractivity contribution in [2.75, 3.05) is 6.61 Å². The topological polar surface area (TPSA) is 9.23 Å². The monoisotopic (exact) mass is 240 g/mol. The second kappa shape index (κ2) is 6.88. The molecule has 0 aliphatic heterocycles. The van der Waals surface area contributed by atoms with Crippen LogP contribution in [0.5, 0.6) is 0 Å². The normalized spacial score (nSPS) is 17.9. The lowest BCUT2D eigenvalue weighted by Crippen LogP contribution is -1.97. The first-order valence-corrected chi connectivity index (χ1v) is 6.70. The molecular weight excluding hydrogens is 220 g/mol. The van der Waals surface area contributed by atoms with Gasteiger partial charge in [-0.3, -0.25) is 0 Å². The summed E-state index contributed by atoms with van der Waals surface area (Å²) in [7, 11) is 0. The molecule has 2 aliphatic rings. The summed E-state index contributed by atoms with van der Waals surface area (Å²) in [6.45, 7) is 2.84. The molecule has 1 heteroatoms. The summed E-state index contributed by atoms with van der Waals surface area (Å²) in [5.41, 5.74) is 5.75. The molecule has 0 aromatic rings. The molecule has 2 aliphatic carbocycles. The van der Waals surface area contributed by atoms with Crippen LogP contribution in [0.4, 0.5) is 0 Å². The van der Waals surface area contributed by atoms with Crippen LogP contribution >= 0.6 is 0 Å². The van der Waals surface area contributed by atoms with Crippen LogP contribution in [-0.2, 0) is 4.74 Å². The molecule has 0 bridgehead atoms. The van der Waals surface area contributed by atoms with Crippen molar-refractivity contribution in [3.63, 3.8) is 0 Å². The molecule has 0 aromatic heterocycles. The maximum atomic E-state index is 5.79. The number of hydrogen-bond donors (Lipinski definition) is 0. The Hall–Kier alpha value is -1.72. The van der Waals surface area contributed by atoms with Gasteiger partial charge in [0.1, 0.15) is 12.4 Å². The van der Waals surface area contributed by atoms with Crippen molar-refractivity contribution < 1.29 is 4.74 Å². The largest absolute Gasteiger partial charge is 0.488 e. The Balaban J connectivity index is 1.92. The average Bonchev–Trinajstić information content (AvgIpc) is 2.64. The summed E-state index contributed by atoms with van der Waals surface area (Å²) >= 11 is 0. The van der Waals surface area contributed by atoms with Crippen molar-refractivity contribution in [1.82, 2.24) is 0 Å². The van der Waals surface area contributed by atoms with E-state index < -0.39 is 0 Å². The van der Waals surface area contributed by atoms with Crippen molar-refractivity contribution >= 4 is 0 Å². The fourth-order valence-electron chi connectivity index (χ4n) is 1.99. The molecule has 0 aromatic carbocycles. The molecule has 0 N–H and O–H groups in total. The van der Waals surface area contributed by atoms with Crippen molar-refractivity contribution in [3.05, 3.63) is 65.2 Å². The number of ether oxygens (including phenoxy) is 1. The Morgan fingerprint density at radius 2 is 2.11 bits per heavy atom. The minimum Gasteiger partial charge on any atom is -0.488 e. The maximum absolute atomic E-state index is 5.79. The SMILES string of the molecule is CCCC1=CC=C(OCC2=CCCC=C2)C=C=C1. The Kier molecular flexibility index (Phi) is 4.87. The summed E-state index contributed by atoms with van der Waals surface area (Å²) in [5, 5.41) is 0. The van der Waals surface area contributed by atoms with Crippen LogP contribution in [0.2, 0.25) is 0 Å². The molecule has 18 heavy (non-hydrogen) atoms. The lowest BCUT2D eigenvalue weighted by Gasteiger charge is -2.09. The second-order valence-corrected chi connectivity index (χ2v) is 4.56. The molecule has 2 rings (SSSR count). The fourth-order valence-corrected chi connectivity index (χ4v) is 1.99. The lowest BCUT2D eigenvalue weighted by molar-refractivity contribution is 0.255. The molecule has 0 radical (unpaired) electrons. The lowest BCUT2D eigenvalue weighted by atomic mass is 10.1. The minimum atomic E-state index is 0.650. The highest BCUT2D eigenvalue weighted by atomic mass is 16.5. The van der Waals surface area contributed by atoms with E-state index in [1.807, 2.05) is 18.2 Å². The van der Waals surface area contributed by atoms with Gasteiger partial charge in [-0.2, -0.15) is 0 Å². The van der Waals surface area contributed by atoms with Crippen LogP contribution in [0.1, 0.15) is 32.6 Å². The van der Waals surface area contributed by atoms with E-state index in [2.05, 4.69) is 37.0 Å². The Morgan fingerprint density at radius 3 is 2.89 bits per heavy atom. The van der Waals surface area contributed by atoms with E-state index in [9.17, 15) is 0 Å². The number of hydrogen-bond acceptors (Lipinski definition) is 1. The van der Waals surface area contributed by atoms with Gasteiger partial charge in [-0.1, -0.05) is 37.6 Å². The van der Waals surface area contributed by atoms with Gasteiger partial charge in [0.15, 0.2) is 0 Å². The maximum Gasteiger partial charge on any atom is 0.127 e. The fraction of sp³-hybridized carbons (Fsp3) is 0.353. The summed E-state index contributed by atoms with van der Waals surface area (Å²) in [6, 6.07) is 0. The van der Waals surface area contributed by atoms with Crippen LogP contribution < -0.4 is 0 Å². The van der Waals surface area contributed by atoms with Gasteiger partial charge >= 0.3 is 0 Å². The van der Waals surface area contributed by atoms with Gasteiger partial charge in [0.25, 0.3) is 0 Å². The molecule has 94 valence electrons. The van der Waals surface area contributed by atoms with Gasteiger partial charge in [0, 0.05) is 6.08 Å². The van der Waals surface area contributed by atoms with E-state index in [0.29, 0.717) is 6.61 Å². The molecule has 0 amide bonds. The Labute approximate surface area is 110 Å². The van der Waals surface area contributed by atoms with Crippen molar-refractivity contribution in [3.8, 4) is 0 Å². The molecule has 0 fully saturated rings. The first kappa shape index (κ1) is 12.7. The average molecular weight is 240 g/mol. The van der Waals surface area contributed by atoms with Crippen LogP contribution in [0.25, 0.3) is 0 Å². The van der Waals surface area contributed by atoms with Gasteiger partial charge in [0.05, 0.1) is 0 Å². The molecular formula is C17H20O. The summed E-state index contributed by atoms with van der Waals surface area (Å²) in [5.74, 6) is 0.886. The van der Waals surface area contributed by atoms with Crippen LogP contribution in [0.15, 0.2) is 65.2 Å². The molecule has 0 spiro atoms. The third-order valence-corrected chi connectivity index (χ3v) is 2.97. The van der Waals surface area contributed by atoms with E-state index in [-0.39, 0.29) is 0 Å². The van der Waals surface area contributed by atoms with Crippen LogP contribution in [-0.4, -0.2) is 6.61 Å². The Morgan fingerprint density at radius 1 is 1.17 bits per heavy atom. The number of rotatable bonds is 5. The van der Waals surface area contributed by atoms with Gasteiger partial charge in [-0.25, -0.2) is 0 Å². The van der Waals surface area contributed by atoms with Crippen molar-refractivity contribution in [1.29, 1.82) is 0 Å². The third-order valence-electron chi connectivity index (χ3n) is 2.97. The van der Waals surface area contributed by atoms with Gasteiger partial charge in [0.2, 0.25) is 0 Å². The quantitative estimate of drug-likeness (QED) is 0.637. The molecule has 0 atom stereocenters. The zero-order valence-corrected chi connectivity index (χ0v) is 11.0. The standard InChI is InChI=1S/C17H20O/c1-2-7-15-10-6-11-17(13-12-15)18-14-16-8-4-3-5-9-16/h4,8-13H,2-3,5,7,14H2,1H3. The van der Waals surface area contributed by atoms with Gasteiger partial charge < -0.3 is 4.74 Å². The van der Waals surface area contributed by atoms with Crippen molar-refractivity contribution in [2.24, 2.45) is 0 Å². The molecule has 0 heterocycles. The predicted molar refractivity (Wildman–Crippen MR) is 76.1 cm³/mol.